The molecule has 1 N–H and O–H groups in total. The lowest BCUT2D eigenvalue weighted by Gasteiger charge is -1.87. The minimum atomic E-state index is 0.149. The van der Waals surface area contributed by atoms with Crippen molar-refractivity contribution in [3.05, 3.63) is 34.5 Å². The zero-order valence-corrected chi connectivity index (χ0v) is 7.99. The predicted molar refractivity (Wildman–Crippen MR) is 53.6 cm³/mol. The maximum absolute atomic E-state index is 8.86. The van der Waals surface area contributed by atoms with Gasteiger partial charge in [0.25, 0.3) is 0 Å². The number of thiophene rings is 2. The van der Waals surface area contributed by atoms with Crippen molar-refractivity contribution >= 4 is 22.7 Å². The van der Waals surface area contributed by atoms with Gasteiger partial charge in [0.15, 0.2) is 0 Å². The molecule has 2 aromatic heterocycles. The van der Waals surface area contributed by atoms with Gasteiger partial charge in [-0.25, -0.2) is 0 Å². The molecule has 1 nitrogen and oxygen atoms in total. The SMILES string of the molecule is OCc1ccc(-c2cccs2)s1. The molecule has 0 saturated heterocycles. The normalized spacial score (nSPS) is 10.4. The highest BCUT2D eigenvalue weighted by molar-refractivity contribution is 7.21. The monoisotopic (exact) mass is 196 g/mol. The van der Waals surface area contributed by atoms with Crippen LogP contribution in [0.1, 0.15) is 4.88 Å². The molecule has 0 aliphatic carbocycles. The molecule has 0 amide bonds. The van der Waals surface area contributed by atoms with Gasteiger partial charge in [-0.1, -0.05) is 6.07 Å². The van der Waals surface area contributed by atoms with Gasteiger partial charge in [0.05, 0.1) is 6.61 Å². The summed E-state index contributed by atoms with van der Waals surface area (Å²) in [5.41, 5.74) is 0. The van der Waals surface area contributed by atoms with Crippen molar-refractivity contribution in [3.8, 4) is 9.75 Å². The van der Waals surface area contributed by atoms with Gasteiger partial charge in [-0.15, -0.1) is 22.7 Å². The Morgan fingerprint density at radius 2 is 2.08 bits per heavy atom. The van der Waals surface area contributed by atoms with E-state index in [1.165, 1.54) is 9.75 Å². The summed E-state index contributed by atoms with van der Waals surface area (Å²) in [4.78, 5) is 3.55. The van der Waals surface area contributed by atoms with E-state index in [1.807, 2.05) is 12.1 Å². The summed E-state index contributed by atoms with van der Waals surface area (Å²) in [5.74, 6) is 0. The standard InChI is InChI=1S/C9H8OS2/c10-6-7-3-4-9(12-7)8-2-1-5-11-8/h1-5,10H,6H2. The van der Waals surface area contributed by atoms with Crippen molar-refractivity contribution < 1.29 is 5.11 Å². The molecule has 2 heterocycles. The lowest BCUT2D eigenvalue weighted by molar-refractivity contribution is 0.285. The molecule has 0 atom stereocenters. The van der Waals surface area contributed by atoms with Crippen LogP contribution in [0.4, 0.5) is 0 Å². The molecule has 0 unspecified atom stereocenters. The van der Waals surface area contributed by atoms with E-state index in [-0.39, 0.29) is 6.61 Å². The largest absolute Gasteiger partial charge is 0.391 e. The van der Waals surface area contributed by atoms with Gasteiger partial charge in [0.1, 0.15) is 0 Å². The first-order valence-electron chi connectivity index (χ1n) is 3.63. The van der Waals surface area contributed by atoms with Crippen LogP contribution in [-0.2, 0) is 6.61 Å². The van der Waals surface area contributed by atoms with Crippen LogP contribution in [0.15, 0.2) is 29.6 Å². The molecular weight excluding hydrogens is 188 g/mol. The summed E-state index contributed by atoms with van der Waals surface area (Å²) in [6, 6.07) is 8.16. The summed E-state index contributed by atoms with van der Waals surface area (Å²) < 4.78 is 0. The first-order valence-corrected chi connectivity index (χ1v) is 5.33. The molecule has 0 bridgehead atoms. The number of hydrogen-bond acceptors (Lipinski definition) is 3. The molecule has 0 radical (unpaired) electrons. The van der Waals surface area contributed by atoms with Crippen LogP contribution in [0.25, 0.3) is 9.75 Å². The Kier molecular flexibility index (Phi) is 2.26. The van der Waals surface area contributed by atoms with Crippen molar-refractivity contribution in [1.82, 2.24) is 0 Å². The molecule has 2 aromatic rings. The van der Waals surface area contributed by atoms with Gasteiger partial charge in [0.2, 0.25) is 0 Å². The third-order valence-electron chi connectivity index (χ3n) is 1.58. The Hall–Kier alpha value is -0.640. The number of rotatable bonds is 2. The van der Waals surface area contributed by atoms with E-state index in [2.05, 4.69) is 17.5 Å². The third kappa shape index (κ3) is 1.43. The zero-order valence-electron chi connectivity index (χ0n) is 6.36. The van der Waals surface area contributed by atoms with Crippen LogP contribution in [0.5, 0.6) is 0 Å². The van der Waals surface area contributed by atoms with Crippen LogP contribution >= 0.6 is 22.7 Å². The van der Waals surface area contributed by atoms with Crippen molar-refractivity contribution in [2.45, 2.75) is 6.61 Å². The smallest absolute Gasteiger partial charge is 0.0774 e. The van der Waals surface area contributed by atoms with Crippen LogP contribution in [0.3, 0.4) is 0 Å². The molecule has 0 aliphatic rings. The maximum atomic E-state index is 8.86. The van der Waals surface area contributed by atoms with Crippen LogP contribution in [0, 0.1) is 0 Å². The quantitative estimate of drug-likeness (QED) is 0.783. The molecule has 3 heteroatoms. The minimum Gasteiger partial charge on any atom is -0.391 e. The van der Waals surface area contributed by atoms with E-state index in [4.69, 9.17) is 5.11 Å². The van der Waals surface area contributed by atoms with E-state index < -0.39 is 0 Å². The van der Waals surface area contributed by atoms with Gasteiger partial charge in [-0.05, 0) is 23.6 Å². The van der Waals surface area contributed by atoms with Crippen molar-refractivity contribution in [1.29, 1.82) is 0 Å². The number of aliphatic hydroxyl groups excluding tert-OH is 1. The molecule has 2 rings (SSSR count). The van der Waals surface area contributed by atoms with E-state index in [0.29, 0.717) is 0 Å². The third-order valence-corrected chi connectivity index (χ3v) is 3.72. The fourth-order valence-corrected chi connectivity index (χ4v) is 2.72. The molecular formula is C9H8OS2. The van der Waals surface area contributed by atoms with E-state index in [0.717, 1.165) is 4.88 Å². The minimum absolute atomic E-state index is 0.149. The Balaban J connectivity index is 2.35. The maximum Gasteiger partial charge on any atom is 0.0774 e. The molecule has 12 heavy (non-hydrogen) atoms. The fourth-order valence-electron chi connectivity index (χ4n) is 1.01. The lowest BCUT2D eigenvalue weighted by atomic mass is 10.4. The van der Waals surface area contributed by atoms with Crippen molar-refractivity contribution in [3.63, 3.8) is 0 Å². The second-order valence-corrected chi connectivity index (χ2v) is 4.52. The predicted octanol–water partition coefficient (Wildman–Crippen LogP) is 2.97. The van der Waals surface area contributed by atoms with Gasteiger partial charge in [0, 0.05) is 14.6 Å². The lowest BCUT2D eigenvalue weighted by Crippen LogP contribution is -1.69. The van der Waals surface area contributed by atoms with E-state index >= 15 is 0 Å². The Bertz CT molecular complexity index is 348. The Morgan fingerprint density at radius 3 is 2.67 bits per heavy atom. The molecule has 62 valence electrons. The average molecular weight is 196 g/mol. The fraction of sp³-hybridized carbons (Fsp3) is 0.111. The molecule has 0 spiro atoms. The average Bonchev–Trinajstić information content (AvgIpc) is 2.75. The van der Waals surface area contributed by atoms with Crippen molar-refractivity contribution in [2.75, 3.05) is 0 Å². The molecule has 0 fully saturated rings. The highest BCUT2D eigenvalue weighted by atomic mass is 32.1. The summed E-state index contributed by atoms with van der Waals surface area (Å²) >= 11 is 3.38. The summed E-state index contributed by atoms with van der Waals surface area (Å²) in [5, 5.41) is 10.9. The van der Waals surface area contributed by atoms with Crippen molar-refractivity contribution in [2.24, 2.45) is 0 Å². The van der Waals surface area contributed by atoms with Gasteiger partial charge < -0.3 is 5.11 Å². The Labute approximate surface area is 78.9 Å². The summed E-state index contributed by atoms with van der Waals surface area (Å²) in [6.45, 7) is 0.149. The molecule has 0 aliphatic heterocycles. The van der Waals surface area contributed by atoms with Crippen LogP contribution in [0.2, 0.25) is 0 Å². The first kappa shape index (κ1) is 7.98. The number of aliphatic hydroxyl groups is 1. The van der Waals surface area contributed by atoms with Gasteiger partial charge in [-0.2, -0.15) is 0 Å². The highest BCUT2D eigenvalue weighted by Gasteiger charge is 2.01. The van der Waals surface area contributed by atoms with Crippen LogP contribution < -0.4 is 0 Å². The van der Waals surface area contributed by atoms with Crippen LogP contribution in [-0.4, -0.2) is 5.11 Å². The van der Waals surface area contributed by atoms with Gasteiger partial charge in [-0.3, -0.25) is 0 Å². The highest BCUT2D eigenvalue weighted by Crippen LogP contribution is 2.31. The van der Waals surface area contributed by atoms with E-state index in [9.17, 15) is 0 Å². The molecule has 0 aromatic carbocycles. The zero-order chi connectivity index (χ0) is 8.39. The topological polar surface area (TPSA) is 20.2 Å². The Morgan fingerprint density at radius 1 is 1.17 bits per heavy atom. The first-order chi connectivity index (χ1) is 5.90. The second-order valence-electron chi connectivity index (χ2n) is 2.40. The molecule has 0 saturated carbocycles. The van der Waals surface area contributed by atoms with Gasteiger partial charge >= 0.3 is 0 Å². The summed E-state index contributed by atoms with van der Waals surface area (Å²) in [7, 11) is 0. The second kappa shape index (κ2) is 3.39. The van der Waals surface area contributed by atoms with E-state index in [1.54, 1.807) is 22.7 Å². The summed E-state index contributed by atoms with van der Waals surface area (Å²) in [6.07, 6.45) is 0. The number of hydrogen-bond donors (Lipinski definition) is 1.